The summed E-state index contributed by atoms with van der Waals surface area (Å²) >= 11 is 0. The van der Waals surface area contributed by atoms with E-state index in [1.165, 1.54) is 19.0 Å². The molecule has 0 aromatic carbocycles. The highest BCUT2D eigenvalue weighted by Gasteiger charge is 2.21. The number of nitrogen functional groups attached to an aromatic ring is 1. The maximum Gasteiger partial charge on any atom is 0.257 e. The van der Waals surface area contributed by atoms with Gasteiger partial charge in [0.15, 0.2) is 0 Å². The van der Waals surface area contributed by atoms with Gasteiger partial charge in [0, 0.05) is 38.3 Å². The Morgan fingerprint density at radius 2 is 2.32 bits per heavy atom. The Hall–Kier alpha value is -1.33. The highest BCUT2D eigenvalue weighted by molar-refractivity contribution is 5.98. The van der Waals surface area contributed by atoms with Crippen LogP contribution in [-0.4, -0.2) is 42.6 Å². The van der Waals surface area contributed by atoms with Crippen LogP contribution in [0.15, 0.2) is 18.5 Å². The van der Waals surface area contributed by atoms with Gasteiger partial charge in [-0.1, -0.05) is 0 Å². The fraction of sp³-hybridized carbons (Fsp3) is 0.538. The van der Waals surface area contributed by atoms with Gasteiger partial charge >= 0.3 is 0 Å². The van der Waals surface area contributed by atoms with Crippen LogP contribution in [0.2, 0.25) is 0 Å². The van der Waals surface area contributed by atoms with E-state index in [0.29, 0.717) is 24.4 Å². The zero-order valence-corrected chi connectivity index (χ0v) is 11.9. The third kappa shape index (κ3) is 4.69. The van der Waals surface area contributed by atoms with E-state index in [1.54, 1.807) is 24.2 Å². The highest BCUT2D eigenvalue weighted by atomic mass is 35.5. The zero-order valence-electron chi connectivity index (χ0n) is 11.0. The number of carbonyl (C=O) groups excluding carboxylic acids is 1. The summed E-state index contributed by atoms with van der Waals surface area (Å²) in [4.78, 5) is 17.6. The SMILES string of the molecule is CN(CCOCC1CC1)C(=O)c1cnccc1N.Cl. The Morgan fingerprint density at radius 3 is 2.95 bits per heavy atom. The number of halogens is 1. The van der Waals surface area contributed by atoms with Crippen LogP contribution in [-0.2, 0) is 4.74 Å². The first-order valence-corrected chi connectivity index (χ1v) is 6.21. The van der Waals surface area contributed by atoms with Crippen molar-refractivity contribution in [3.05, 3.63) is 24.0 Å². The molecule has 1 amide bonds. The molecule has 0 saturated heterocycles. The fourth-order valence-electron chi connectivity index (χ4n) is 1.63. The number of pyridine rings is 1. The number of likely N-dealkylation sites (N-methyl/N-ethyl adjacent to an activating group) is 1. The molecule has 1 saturated carbocycles. The monoisotopic (exact) mass is 285 g/mol. The van der Waals surface area contributed by atoms with Gasteiger partial charge in [0.05, 0.1) is 12.2 Å². The van der Waals surface area contributed by atoms with Crippen molar-refractivity contribution in [2.75, 3.05) is 32.5 Å². The predicted octanol–water partition coefficient (Wildman–Crippen LogP) is 1.58. The number of hydrogen-bond acceptors (Lipinski definition) is 4. The van der Waals surface area contributed by atoms with Crippen molar-refractivity contribution in [1.29, 1.82) is 0 Å². The molecule has 0 atom stereocenters. The molecule has 6 heteroatoms. The number of aromatic nitrogens is 1. The van der Waals surface area contributed by atoms with Crippen LogP contribution in [0.4, 0.5) is 5.69 Å². The summed E-state index contributed by atoms with van der Waals surface area (Å²) in [5.74, 6) is 0.635. The van der Waals surface area contributed by atoms with Gasteiger partial charge in [-0.25, -0.2) is 0 Å². The average Bonchev–Trinajstić information content (AvgIpc) is 3.18. The number of ether oxygens (including phenoxy) is 1. The minimum Gasteiger partial charge on any atom is -0.398 e. The second-order valence-electron chi connectivity index (χ2n) is 4.71. The third-order valence-electron chi connectivity index (χ3n) is 3.05. The second-order valence-corrected chi connectivity index (χ2v) is 4.71. The Bertz CT molecular complexity index is 424. The van der Waals surface area contributed by atoms with Crippen LogP contribution < -0.4 is 5.73 Å². The van der Waals surface area contributed by atoms with E-state index < -0.39 is 0 Å². The van der Waals surface area contributed by atoms with Crippen molar-refractivity contribution >= 4 is 24.0 Å². The fourth-order valence-corrected chi connectivity index (χ4v) is 1.63. The molecule has 1 heterocycles. The lowest BCUT2D eigenvalue weighted by Crippen LogP contribution is -2.31. The van der Waals surface area contributed by atoms with Crippen LogP contribution in [0.1, 0.15) is 23.2 Å². The number of hydrogen-bond donors (Lipinski definition) is 1. The van der Waals surface area contributed by atoms with Gasteiger partial charge in [0.1, 0.15) is 0 Å². The van der Waals surface area contributed by atoms with E-state index in [0.717, 1.165) is 12.5 Å². The van der Waals surface area contributed by atoms with Gasteiger partial charge < -0.3 is 15.4 Å². The van der Waals surface area contributed by atoms with E-state index in [1.807, 2.05) is 0 Å². The predicted molar refractivity (Wildman–Crippen MR) is 76.4 cm³/mol. The largest absolute Gasteiger partial charge is 0.398 e. The van der Waals surface area contributed by atoms with Crippen LogP contribution in [0, 0.1) is 5.92 Å². The maximum atomic E-state index is 12.1. The van der Waals surface area contributed by atoms with E-state index >= 15 is 0 Å². The summed E-state index contributed by atoms with van der Waals surface area (Å²) < 4.78 is 5.50. The van der Waals surface area contributed by atoms with Crippen molar-refractivity contribution in [2.45, 2.75) is 12.8 Å². The first kappa shape index (κ1) is 15.7. The Labute approximate surface area is 119 Å². The lowest BCUT2D eigenvalue weighted by molar-refractivity contribution is 0.0681. The molecule has 19 heavy (non-hydrogen) atoms. The van der Waals surface area contributed by atoms with E-state index in [4.69, 9.17) is 10.5 Å². The average molecular weight is 286 g/mol. The van der Waals surface area contributed by atoms with Crippen LogP contribution in [0.3, 0.4) is 0 Å². The number of amides is 1. The van der Waals surface area contributed by atoms with Crippen molar-refractivity contribution in [3.63, 3.8) is 0 Å². The molecule has 0 unspecified atom stereocenters. The van der Waals surface area contributed by atoms with E-state index in [-0.39, 0.29) is 18.3 Å². The lowest BCUT2D eigenvalue weighted by Gasteiger charge is -2.17. The van der Waals surface area contributed by atoms with Gasteiger partial charge in [0.2, 0.25) is 0 Å². The van der Waals surface area contributed by atoms with E-state index in [9.17, 15) is 4.79 Å². The Kier molecular flexibility index (Phi) is 6.05. The molecule has 1 aliphatic carbocycles. The van der Waals surface area contributed by atoms with Gasteiger partial charge in [-0.3, -0.25) is 9.78 Å². The second kappa shape index (κ2) is 7.31. The number of rotatable bonds is 6. The Balaban J connectivity index is 0.00000180. The molecule has 5 nitrogen and oxygen atoms in total. The van der Waals surface area contributed by atoms with Crippen molar-refractivity contribution in [1.82, 2.24) is 9.88 Å². The molecule has 2 rings (SSSR count). The quantitative estimate of drug-likeness (QED) is 0.806. The van der Waals surface area contributed by atoms with Crippen molar-refractivity contribution in [2.24, 2.45) is 5.92 Å². The molecule has 2 N–H and O–H groups in total. The van der Waals surface area contributed by atoms with Crippen molar-refractivity contribution < 1.29 is 9.53 Å². The summed E-state index contributed by atoms with van der Waals surface area (Å²) in [5.41, 5.74) is 6.65. The summed E-state index contributed by atoms with van der Waals surface area (Å²) in [7, 11) is 1.75. The third-order valence-corrected chi connectivity index (χ3v) is 3.05. The van der Waals surface area contributed by atoms with Gasteiger partial charge in [0.25, 0.3) is 5.91 Å². The number of anilines is 1. The summed E-state index contributed by atoms with van der Waals surface area (Å²) in [6.07, 6.45) is 5.63. The lowest BCUT2D eigenvalue weighted by atomic mass is 10.2. The standard InChI is InChI=1S/C13H19N3O2.ClH/c1-16(6-7-18-9-10-2-3-10)13(17)11-8-15-5-4-12(11)14;/h4-5,8,10H,2-3,6-7,9H2,1H3,(H2,14,15);1H. The minimum absolute atomic E-state index is 0. The topological polar surface area (TPSA) is 68.5 Å². The number of nitrogens with zero attached hydrogens (tertiary/aromatic N) is 2. The molecule has 1 aliphatic rings. The molecule has 1 aromatic rings. The molecule has 106 valence electrons. The first-order valence-electron chi connectivity index (χ1n) is 6.21. The molecule has 0 radical (unpaired) electrons. The first-order chi connectivity index (χ1) is 8.68. The molecular formula is C13H20ClN3O2. The van der Waals surface area contributed by atoms with Gasteiger partial charge in [-0.2, -0.15) is 0 Å². The molecule has 0 aliphatic heterocycles. The number of carbonyl (C=O) groups is 1. The zero-order chi connectivity index (χ0) is 13.0. The van der Waals surface area contributed by atoms with E-state index in [2.05, 4.69) is 4.98 Å². The molecule has 0 spiro atoms. The van der Waals surface area contributed by atoms with Crippen LogP contribution in [0.25, 0.3) is 0 Å². The highest BCUT2D eigenvalue weighted by Crippen LogP contribution is 2.28. The molecular weight excluding hydrogens is 266 g/mol. The smallest absolute Gasteiger partial charge is 0.257 e. The summed E-state index contributed by atoms with van der Waals surface area (Å²) in [6.45, 7) is 1.95. The molecule has 1 aromatic heterocycles. The maximum absolute atomic E-state index is 12.1. The summed E-state index contributed by atoms with van der Waals surface area (Å²) in [5, 5.41) is 0. The normalized spacial score (nSPS) is 13.7. The summed E-state index contributed by atoms with van der Waals surface area (Å²) in [6, 6.07) is 1.63. The molecule has 1 fully saturated rings. The molecule has 0 bridgehead atoms. The number of nitrogens with two attached hydrogens (primary N) is 1. The van der Waals surface area contributed by atoms with Crippen LogP contribution >= 0.6 is 12.4 Å². The Morgan fingerprint density at radius 1 is 1.58 bits per heavy atom. The van der Waals surface area contributed by atoms with Gasteiger partial charge in [-0.05, 0) is 24.8 Å². The van der Waals surface area contributed by atoms with Crippen molar-refractivity contribution in [3.8, 4) is 0 Å². The van der Waals surface area contributed by atoms with Gasteiger partial charge in [-0.15, -0.1) is 12.4 Å². The minimum atomic E-state index is -0.115. The van der Waals surface area contributed by atoms with Crippen LogP contribution in [0.5, 0.6) is 0 Å².